The second-order valence-electron chi connectivity index (χ2n) is 6.73. The summed E-state index contributed by atoms with van der Waals surface area (Å²) in [7, 11) is 0. The van der Waals surface area contributed by atoms with Gasteiger partial charge in [0.2, 0.25) is 0 Å². The highest BCUT2D eigenvalue weighted by molar-refractivity contribution is 5.74. The number of likely N-dealkylation sites (tertiary alicyclic amines) is 1. The molecule has 1 aromatic heterocycles. The van der Waals surface area contributed by atoms with Crippen LogP contribution in [0.2, 0.25) is 0 Å². The van der Waals surface area contributed by atoms with E-state index < -0.39 is 0 Å². The largest absolute Gasteiger partial charge is 0.491 e. The van der Waals surface area contributed by atoms with Crippen LogP contribution in [0.4, 0.5) is 4.79 Å². The van der Waals surface area contributed by atoms with Crippen molar-refractivity contribution in [3.63, 3.8) is 0 Å². The maximum absolute atomic E-state index is 12.4. The fourth-order valence-corrected chi connectivity index (χ4v) is 3.11. The van der Waals surface area contributed by atoms with Gasteiger partial charge in [0.05, 0.1) is 19.3 Å². The molecule has 0 spiro atoms. The molecule has 1 fully saturated rings. The summed E-state index contributed by atoms with van der Waals surface area (Å²) in [6, 6.07) is 11.7. The van der Waals surface area contributed by atoms with Crippen LogP contribution in [0.15, 0.2) is 48.8 Å². The Bertz CT molecular complexity index is 724. The Morgan fingerprint density at radius 2 is 2.19 bits per heavy atom. The van der Waals surface area contributed by atoms with Gasteiger partial charge in [-0.15, -0.1) is 0 Å². The van der Waals surface area contributed by atoms with E-state index in [2.05, 4.69) is 10.3 Å². The van der Waals surface area contributed by atoms with Crippen LogP contribution in [0.5, 0.6) is 5.75 Å². The Labute approximate surface area is 160 Å². The number of carbonyl (C=O) groups excluding carboxylic acids is 1. The summed E-state index contributed by atoms with van der Waals surface area (Å²) in [4.78, 5) is 18.3. The molecule has 1 aliphatic rings. The number of ether oxygens (including phenoxy) is 2. The van der Waals surface area contributed by atoms with Crippen molar-refractivity contribution in [3.8, 4) is 5.75 Å². The average molecular weight is 369 g/mol. The molecule has 1 aliphatic heterocycles. The normalized spacial score (nSPS) is 16.8. The maximum Gasteiger partial charge on any atom is 0.317 e. The number of hydrogen-bond donors (Lipinski definition) is 1. The highest BCUT2D eigenvalue weighted by Crippen LogP contribution is 2.16. The van der Waals surface area contributed by atoms with Gasteiger partial charge < -0.3 is 19.7 Å². The maximum atomic E-state index is 12.4. The van der Waals surface area contributed by atoms with Crippen LogP contribution < -0.4 is 10.1 Å². The standard InChI is InChI=1S/C21H27N3O3/c1-17-6-2-3-9-20(17)26-13-11-23-21(25)24-12-5-8-19(15-24)27-16-18-7-4-10-22-14-18/h2-4,6-7,9-10,14,19H,5,8,11-13,15-16H2,1H3,(H,23,25). The van der Waals surface area contributed by atoms with E-state index >= 15 is 0 Å². The third-order valence-corrected chi connectivity index (χ3v) is 4.60. The van der Waals surface area contributed by atoms with Crippen LogP contribution >= 0.6 is 0 Å². The molecule has 0 bridgehead atoms. The Hall–Kier alpha value is -2.60. The van der Waals surface area contributed by atoms with Crippen LogP contribution in [0, 0.1) is 6.92 Å². The highest BCUT2D eigenvalue weighted by Gasteiger charge is 2.24. The number of aryl methyl sites for hydroxylation is 1. The average Bonchev–Trinajstić information content (AvgIpc) is 2.72. The fraction of sp³-hybridized carbons (Fsp3) is 0.429. The van der Waals surface area contributed by atoms with Gasteiger partial charge in [-0.05, 0) is 43.0 Å². The van der Waals surface area contributed by atoms with E-state index in [4.69, 9.17) is 9.47 Å². The van der Waals surface area contributed by atoms with Crippen LogP contribution in [0.1, 0.15) is 24.0 Å². The van der Waals surface area contributed by atoms with Crippen molar-refractivity contribution >= 4 is 6.03 Å². The van der Waals surface area contributed by atoms with Crippen LogP contribution in [-0.4, -0.2) is 48.3 Å². The van der Waals surface area contributed by atoms with Gasteiger partial charge in [-0.3, -0.25) is 4.98 Å². The Morgan fingerprint density at radius 1 is 1.30 bits per heavy atom. The second kappa shape index (κ2) is 9.92. The number of para-hydroxylation sites is 1. The first-order valence-electron chi connectivity index (χ1n) is 9.44. The number of rotatable bonds is 7. The van der Waals surface area contributed by atoms with E-state index in [1.807, 2.05) is 54.4 Å². The van der Waals surface area contributed by atoms with Crippen LogP contribution in [0.3, 0.4) is 0 Å². The molecular formula is C21H27N3O3. The van der Waals surface area contributed by atoms with E-state index in [9.17, 15) is 4.79 Å². The molecule has 6 nitrogen and oxygen atoms in total. The zero-order valence-electron chi connectivity index (χ0n) is 15.8. The van der Waals surface area contributed by atoms with E-state index in [0.29, 0.717) is 26.3 Å². The number of amides is 2. The fourth-order valence-electron chi connectivity index (χ4n) is 3.11. The summed E-state index contributed by atoms with van der Waals surface area (Å²) in [5.41, 5.74) is 2.14. The number of aromatic nitrogens is 1. The minimum absolute atomic E-state index is 0.0574. The lowest BCUT2D eigenvalue weighted by molar-refractivity contribution is -0.000470. The first-order valence-corrected chi connectivity index (χ1v) is 9.44. The molecular weight excluding hydrogens is 342 g/mol. The number of urea groups is 1. The topological polar surface area (TPSA) is 63.7 Å². The number of pyridine rings is 1. The van der Waals surface area contributed by atoms with E-state index in [-0.39, 0.29) is 12.1 Å². The van der Waals surface area contributed by atoms with Gasteiger partial charge in [0.25, 0.3) is 0 Å². The van der Waals surface area contributed by atoms with Gasteiger partial charge in [-0.1, -0.05) is 24.3 Å². The second-order valence-corrected chi connectivity index (χ2v) is 6.73. The molecule has 1 atom stereocenters. The summed E-state index contributed by atoms with van der Waals surface area (Å²) in [5.74, 6) is 0.855. The molecule has 3 rings (SSSR count). The zero-order valence-corrected chi connectivity index (χ0v) is 15.8. The molecule has 2 amide bonds. The summed E-state index contributed by atoms with van der Waals surface area (Å²) < 4.78 is 11.7. The van der Waals surface area contributed by atoms with E-state index in [1.165, 1.54) is 0 Å². The van der Waals surface area contributed by atoms with Gasteiger partial charge in [0, 0.05) is 25.5 Å². The van der Waals surface area contributed by atoms with Gasteiger partial charge in [-0.2, -0.15) is 0 Å². The number of benzene rings is 1. The number of nitrogens with zero attached hydrogens (tertiary/aromatic N) is 2. The van der Waals surface area contributed by atoms with Crippen LogP contribution in [-0.2, 0) is 11.3 Å². The third kappa shape index (κ3) is 5.96. The molecule has 1 saturated heterocycles. The minimum Gasteiger partial charge on any atom is -0.491 e. The molecule has 1 aromatic carbocycles. The highest BCUT2D eigenvalue weighted by atomic mass is 16.5. The minimum atomic E-state index is -0.0574. The lowest BCUT2D eigenvalue weighted by Gasteiger charge is -2.32. The summed E-state index contributed by atoms with van der Waals surface area (Å²) >= 11 is 0. The molecule has 144 valence electrons. The molecule has 6 heteroatoms. The molecule has 2 heterocycles. The molecule has 2 aromatic rings. The summed E-state index contributed by atoms with van der Waals surface area (Å²) in [6.45, 7) is 4.84. The number of hydrogen-bond acceptors (Lipinski definition) is 4. The zero-order chi connectivity index (χ0) is 18.9. The van der Waals surface area contributed by atoms with E-state index in [1.54, 1.807) is 6.20 Å². The lowest BCUT2D eigenvalue weighted by atomic mass is 10.1. The molecule has 27 heavy (non-hydrogen) atoms. The Kier molecular flexibility index (Phi) is 7.04. The number of nitrogens with one attached hydrogen (secondary N) is 1. The van der Waals surface area contributed by atoms with Gasteiger partial charge in [0.15, 0.2) is 0 Å². The van der Waals surface area contributed by atoms with Crippen molar-refractivity contribution < 1.29 is 14.3 Å². The van der Waals surface area contributed by atoms with Gasteiger partial charge >= 0.3 is 6.03 Å². The van der Waals surface area contributed by atoms with Crippen molar-refractivity contribution in [1.82, 2.24) is 15.2 Å². The van der Waals surface area contributed by atoms with Crippen molar-refractivity contribution in [2.24, 2.45) is 0 Å². The molecule has 1 unspecified atom stereocenters. The lowest BCUT2D eigenvalue weighted by Crippen LogP contribution is -2.48. The predicted octanol–water partition coefficient (Wildman–Crippen LogP) is 3.16. The molecule has 0 saturated carbocycles. The van der Waals surface area contributed by atoms with Crippen molar-refractivity contribution in [3.05, 3.63) is 59.9 Å². The monoisotopic (exact) mass is 369 g/mol. The first-order chi connectivity index (χ1) is 13.2. The third-order valence-electron chi connectivity index (χ3n) is 4.60. The van der Waals surface area contributed by atoms with Crippen LogP contribution in [0.25, 0.3) is 0 Å². The molecule has 0 aliphatic carbocycles. The van der Waals surface area contributed by atoms with Crippen molar-refractivity contribution in [2.75, 3.05) is 26.2 Å². The summed E-state index contributed by atoms with van der Waals surface area (Å²) in [6.07, 6.45) is 5.54. The van der Waals surface area contributed by atoms with Gasteiger partial charge in [-0.25, -0.2) is 4.79 Å². The molecule has 1 N–H and O–H groups in total. The Morgan fingerprint density at radius 3 is 3.00 bits per heavy atom. The Balaban J connectivity index is 1.37. The predicted molar refractivity (Wildman–Crippen MR) is 104 cm³/mol. The van der Waals surface area contributed by atoms with E-state index in [0.717, 1.165) is 36.3 Å². The van der Waals surface area contributed by atoms with Crippen molar-refractivity contribution in [2.45, 2.75) is 32.5 Å². The quantitative estimate of drug-likeness (QED) is 0.762. The SMILES string of the molecule is Cc1ccccc1OCCNC(=O)N1CCCC(OCc2cccnc2)C1. The first kappa shape index (κ1) is 19.2. The number of piperidine rings is 1. The van der Waals surface area contributed by atoms with Crippen molar-refractivity contribution in [1.29, 1.82) is 0 Å². The summed E-state index contributed by atoms with van der Waals surface area (Å²) in [5, 5.41) is 2.93. The molecule has 0 radical (unpaired) electrons. The van der Waals surface area contributed by atoms with Gasteiger partial charge in [0.1, 0.15) is 12.4 Å². The smallest absolute Gasteiger partial charge is 0.317 e. The number of carbonyl (C=O) groups is 1.